The van der Waals surface area contributed by atoms with Gasteiger partial charge >= 0.3 is 0 Å². The fourth-order valence-corrected chi connectivity index (χ4v) is 3.29. The van der Waals surface area contributed by atoms with Gasteiger partial charge < -0.3 is 5.73 Å². The summed E-state index contributed by atoms with van der Waals surface area (Å²) < 4.78 is 14.2. The Morgan fingerprint density at radius 1 is 1.20 bits per heavy atom. The number of thiophene rings is 1. The molecule has 2 heterocycles. The average Bonchev–Trinajstić information content (AvgIpc) is 2.99. The molecule has 3 aromatic rings. The number of anilines is 1. The monoisotopic (exact) mass is 327 g/mol. The largest absolute Gasteiger partial charge is 0.382 e. The summed E-state index contributed by atoms with van der Waals surface area (Å²) >= 11 is 13.4. The molecule has 3 nitrogen and oxygen atoms in total. The van der Waals surface area contributed by atoms with Crippen molar-refractivity contribution in [1.82, 2.24) is 10.2 Å². The maximum absolute atomic E-state index is 14.2. The van der Waals surface area contributed by atoms with Crippen LogP contribution in [0, 0.1) is 5.82 Å². The van der Waals surface area contributed by atoms with Crippen LogP contribution in [0.3, 0.4) is 0 Å². The molecule has 7 heteroatoms. The Balaban J connectivity index is 2.27. The molecule has 0 saturated heterocycles. The number of H-pyrrole nitrogens is 1. The van der Waals surface area contributed by atoms with Crippen LogP contribution in [0.1, 0.15) is 0 Å². The predicted molar refractivity (Wildman–Crippen MR) is 81.7 cm³/mol. The van der Waals surface area contributed by atoms with Gasteiger partial charge in [-0.1, -0.05) is 35.3 Å². The van der Waals surface area contributed by atoms with Crippen molar-refractivity contribution < 1.29 is 4.39 Å². The van der Waals surface area contributed by atoms with Crippen molar-refractivity contribution in [2.75, 3.05) is 5.73 Å². The molecule has 1 aromatic carbocycles. The normalized spacial score (nSPS) is 10.9. The second-order valence-electron chi connectivity index (χ2n) is 4.06. The Labute approximate surface area is 128 Å². The number of nitrogens with one attached hydrogen (secondary N) is 1. The number of hydrogen-bond acceptors (Lipinski definition) is 3. The molecule has 0 aliphatic carbocycles. The number of aromatic amines is 1. The molecule has 0 unspecified atom stereocenters. The molecule has 0 fully saturated rings. The molecule has 3 rings (SSSR count). The number of hydrogen-bond donors (Lipinski definition) is 2. The van der Waals surface area contributed by atoms with Crippen LogP contribution in [0.2, 0.25) is 10.0 Å². The summed E-state index contributed by atoms with van der Waals surface area (Å²) in [4.78, 5) is 0.755. The molecule has 102 valence electrons. The topological polar surface area (TPSA) is 54.7 Å². The second-order valence-corrected chi connectivity index (χ2v) is 5.79. The van der Waals surface area contributed by atoms with Gasteiger partial charge in [0.2, 0.25) is 0 Å². The van der Waals surface area contributed by atoms with Crippen molar-refractivity contribution in [1.29, 1.82) is 0 Å². The standard InChI is InChI=1S/C13H8Cl2FN3S/c14-7-3-1-2-6(10(7)16)9-11(18-19-13(9)17)12-8(15)4-5-20-12/h1-5H,(H3,17,18,19). The zero-order chi connectivity index (χ0) is 14.3. The molecule has 3 N–H and O–H groups in total. The molecule has 2 aromatic heterocycles. The van der Waals surface area contributed by atoms with Crippen LogP contribution in [-0.2, 0) is 0 Å². The van der Waals surface area contributed by atoms with E-state index in [-0.39, 0.29) is 10.8 Å². The Bertz CT molecular complexity index is 782. The summed E-state index contributed by atoms with van der Waals surface area (Å²) in [5, 5.41) is 9.19. The lowest BCUT2D eigenvalue weighted by Gasteiger charge is -2.06. The van der Waals surface area contributed by atoms with Gasteiger partial charge in [0.05, 0.1) is 26.2 Å². The summed E-state index contributed by atoms with van der Waals surface area (Å²) in [6, 6.07) is 6.51. The highest BCUT2D eigenvalue weighted by Crippen LogP contribution is 2.42. The number of halogens is 3. The van der Waals surface area contributed by atoms with Crippen LogP contribution >= 0.6 is 34.5 Å². The minimum atomic E-state index is -0.531. The van der Waals surface area contributed by atoms with Gasteiger partial charge in [-0.2, -0.15) is 5.10 Å². The highest BCUT2D eigenvalue weighted by atomic mass is 35.5. The third-order valence-electron chi connectivity index (χ3n) is 2.86. The van der Waals surface area contributed by atoms with E-state index in [1.54, 1.807) is 18.2 Å². The number of aromatic nitrogens is 2. The van der Waals surface area contributed by atoms with Crippen molar-refractivity contribution >= 4 is 40.4 Å². The van der Waals surface area contributed by atoms with Gasteiger partial charge in [0.25, 0.3) is 0 Å². The fourth-order valence-electron chi connectivity index (χ4n) is 1.96. The zero-order valence-corrected chi connectivity index (χ0v) is 12.3. The summed E-state index contributed by atoms with van der Waals surface area (Å²) in [6.07, 6.45) is 0. The van der Waals surface area contributed by atoms with Crippen LogP contribution in [-0.4, -0.2) is 10.2 Å². The molecular formula is C13H8Cl2FN3S. The van der Waals surface area contributed by atoms with Crippen molar-refractivity contribution in [3.8, 4) is 21.7 Å². The highest BCUT2D eigenvalue weighted by Gasteiger charge is 2.21. The molecule has 0 aliphatic rings. The molecule has 0 atom stereocenters. The van der Waals surface area contributed by atoms with Gasteiger partial charge in [-0.25, -0.2) is 4.39 Å². The van der Waals surface area contributed by atoms with Crippen molar-refractivity contribution in [2.45, 2.75) is 0 Å². The summed E-state index contributed by atoms with van der Waals surface area (Å²) in [5.41, 5.74) is 7.21. The lowest BCUT2D eigenvalue weighted by Crippen LogP contribution is -1.92. The minimum Gasteiger partial charge on any atom is -0.382 e. The van der Waals surface area contributed by atoms with Crippen LogP contribution in [0.25, 0.3) is 21.7 Å². The number of nitrogens with two attached hydrogens (primary N) is 1. The Kier molecular flexibility index (Phi) is 3.41. The molecule has 0 radical (unpaired) electrons. The van der Waals surface area contributed by atoms with Crippen LogP contribution in [0.4, 0.5) is 10.2 Å². The third-order valence-corrected chi connectivity index (χ3v) is 4.51. The van der Waals surface area contributed by atoms with Gasteiger partial charge in [-0.3, -0.25) is 5.10 Å². The minimum absolute atomic E-state index is 0.0336. The van der Waals surface area contributed by atoms with E-state index in [4.69, 9.17) is 28.9 Å². The van der Waals surface area contributed by atoms with E-state index in [0.717, 1.165) is 4.88 Å². The maximum Gasteiger partial charge on any atom is 0.153 e. The smallest absolute Gasteiger partial charge is 0.153 e. The average molecular weight is 328 g/mol. The lowest BCUT2D eigenvalue weighted by molar-refractivity contribution is 0.632. The Hall–Kier alpha value is -1.56. The van der Waals surface area contributed by atoms with Gasteiger partial charge in [0, 0.05) is 5.56 Å². The summed E-state index contributed by atoms with van der Waals surface area (Å²) in [5.74, 6) is -0.332. The fraction of sp³-hybridized carbons (Fsp3) is 0. The molecule has 0 saturated carbocycles. The molecule has 0 spiro atoms. The van der Waals surface area contributed by atoms with Gasteiger partial charge in [-0.15, -0.1) is 11.3 Å². The maximum atomic E-state index is 14.2. The van der Waals surface area contributed by atoms with E-state index in [1.165, 1.54) is 17.4 Å². The first-order chi connectivity index (χ1) is 9.59. The van der Waals surface area contributed by atoms with E-state index in [9.17, 15) is 4.39 Å². The van der Waals surface area contributed by atoms with E-state index in [2.05, 4.69) is 10.2 Å². The number of nitrogens with zero attached hydrogens (tertiary/aromatic N) is 1. The Morgan fingerprint density at radius 2 is 2.00 bits per heavy atom. The van der Waals surface area contributed by atoms with Crippen LogP contribution in [0.5, 0.6) is 0 Å². The molecule has 0 aliphatic heterocycles. The van der Waals surface area contributed by atoms with E-state index in [1.807, 2.05) is 5.38 Å². The van der Waals surface area contributed by atoms with Gasteiger partial charge in [0.15, 0.2) is 5.82 Å². The van der Waals surface area contributed by atoms with Crippen LogP contribution in [0.15, 0.2) is 29.6 Å². The molecule has 0 bridgehead atoms. The number of nitrogen functional groups attached to an aromatic ring is 1. The van der Waals surface area contributed by atoms with Crippen molar-refractivity contribution in [3.05, 3.63) is 45.5 Å². The number of benzene rings is 1. The highest BCUT2D eigenvalue weighted by molar-refractivity contribution is 7.14. The zero-order valence-electron chi connectivity index (χ0n) is 9.95. The van der Waals surface area contributed by atoms with Gasteiger partial charge in [0.1, 0.15) is 5.82 Å². The van der Waals surface area contributed by atoms with E-state index >= 15 is 0 Å². The first kappa shape index (κ1) is 13.4. The second kappa shape index (κ2) is 5.09. The van der Waals surface area contributed by atoms with Crippen molar-refractivity contribution in [2.24, 2.45) is 0 Å². The molecule has 0 amide bonds. The first-order valence-corrected chi connectivity index (χ1v) is 7.24. The number of rotatable bonds is 2. The van der Waals surface area contributed by atoms with E-state index < -0.39 is 5.82 Å². The SMILES string of the molecule is Nc1n[nH]c(-c2sccc2Cl)c1-c1cccc(Cl)c1F. The summed E-state index contributed by atoms with van der Waals surface area (Å²) in [6.45, 7) is 0. The lowest BCUT2D eigenvalue weighted by atomic mass is 10.0. The Morgan fingerprint density at radius 3 is 2.70 bits per heavy atom. The van der Waals surface area contributed by atoms with Crippen LogP contribution < -0.4 is 5.73 Å². The van der Waals surface area contributed by atoms with E-state index in [0.29, 0.717) is 21.8 Å². The van der Waals surface area contributed by atoms with Crippen molar-refractivity contribution in [3.63, 3.8) is 0 Å². The van der Waals surface area contributed by atoms with Gasteiger partial charge in [-0.05, 0) is 17.5 Å². The quantitative estimate of drug-likeness (QED) is 0.708. The predicted octanol–water partition coefficient (Wildman–Crippen LogP) is 4.83. The first-order valence-electron chi connectivity index (χ1n) is 5.61. The summed E-state index contributed by atoms with van der Waals surface area (Å²) in [7, 11) is 0. The third kappa shape index (κ3) is 2.08. The molecule has 20 heavy (non-hydrogen) atoms. The molecular weight excluding hydrogens is 320 g/mol.